The van der Waals surface area contributed by atoms with Gasteiger partial charge in [0, 0.05) is 17.4 Å². The summed E-state index contributed by atoms with van der Waals surface area (Å²) in [4.78, 5) is 21.0. The molecule has 24 heavy (non-hydrogen) atoms. The third-order valence-corrected chi connectivity index (χ3v) is 5.32. The predicted molar refractivity (Wildman–Crippen MR) is 94.9 cm³/mol. The number of rotatable bonds is 3. The molecule has 3 aromatic rings. The lowest BCUT2D eigenvalue weighted by atomic mass is 10.2. The summed E-state index contributed by atoms with van der Waals surface area (Å²) in [6.07, 6.45) is 0. The Kier molecular flexibility index (Phi) is 4.03. The van der Waals surface area contributed by atoms with E-state index in [4.69, 9.17) is 0 Å². The van der Waals surface area contributed by atoms with Crippen LogP contribution in [0, 0.1) is 6.92 Å². The number of nitrogens with one attached hydrogen (secondary N) is 1. The maximum Gasteiger partial charge on any atom is 0.275 e. The molecule has 1 aliphatic heterocycles. The van der Waals surface area contributed by atoms with Crippen molar-refractivity contribution in [2.75, 3.05) is 31.1 Å². The van der Waals surface area contributed by atoms with Gasteiger partial charge in [-0.15, -0.1) is 0 Å². The summed E-state index contributed by atoms with van der Waals surface area (Å²) in [6.45, 7) is 6.94. The fraction of sp³-hybridized carbons (Fsp3) is 0.353. The summed E-state index contributed by atoms with van der Waals surface area (Å²) >= 11 is 1.52. The average Bonchev–Trinajstić information content (AvgIpc) is 2.99. The minimum Gasteiger partial charge on any atom is -0.360 e. The molecule has 0 bridgehead atoms. The van der Waals surface area contributed by atoms with Crippen LogP contribution in [0.2, 0.25) is 0 Å². The lowest BCUT2D eigenvalue weighted by Crippen LogP contribution is -3.13. The SMILES string of the molecule is Cc1cc(=O)n2nc(C[NH+]3CCN(c4ccccc4)CC3)sc2n1. The van der Waals surface area contributed by atoms with Gasteiger partial charge in [-0.3, -0.25) is 4.79 Å². The summed E-state index contributed by atoms with van der Waals surface area (Å²) in [5.41, 5.74) is 1.95. The van der Waals surface area contributed by atoms with E-state index in [-0.39, 0.29) is 5.56 Å². The topological polar surface area (TPSA) is 54.9 Å². The number of anilines is 1. The highest BCUT2D eigenvalue weighted by molar-refractivity contribution is 7.16. The van der Waals surface area contributed by atoms with Crippen LogP contribution in [0.25, 0.3) is 4.96 Å². The Morgan fingerprint density at radius 2 is 1.96 bits per heavy atom. The lowest BCUT2D eigenvalue weighted by molar-refractivity contribution is -0.914. The molecule has 0 aliphatic carbocycles. The molecule has 0 atom stereocenters. The molecule has 4 rings (SSSR count). The van der Waals surface area contributed by atoms with Crippen LogP contribution in [-0.4, -0.2) is 40.8 Å². The van der Waals surface area contributed by atoms with Crippen molar-refractivity contribution in [2.45, 2.75) is 13.5 Å². The highest BCUT2D eigenvalue weighted by atomic mass is 32.1. The normalized spacial score (nSPS) is 16.0. The van der Waals surface area contributed by atoms with Crippen molar-refractivity contribution >= 4 is 22.0 Å². The van der Waals surface area contributed by atoms with Gasteiger partial charge >= 0.3 is 0 Å². The highest BCUT2D eigenvalue weighted by Crippen LogP contribution is 2.13. The molecule has 124 valence electrons. The molecular weight excluding hydrogens is 322 g/mol. The maximum atomic E-state index is 12.0. The first-order valence-corrected chi connectivity index (χ1v) is 9.01. The van der Waals surface area contributed by atoms with Gasteiger partial charge in [0.25, 0.3) is 5.56 Å². The summed E-state index contributed by atoms with van der Waals surface area (Å²) in [5.74, 6) is 0. The van der Waals surface area contributed by atoms with E-state index < -0.39 is 0 Å². The second-order valence-corrected chi connectivity index (χ2v) is 7.22. The summed E-state index contributed by atoms with van der Waals surface area (Å²) in [5, 5.41) is 5.43. The Morgan fingerprint density at radius 3 is 2.71 bits per heavy atom. The van der Waals surface area contributed by atoms with Crippen LogP contribution in [0.3, 0.4) is 0 Å². The van der Waals surface area contributed by atoms with E-state index in [2.05, 4.69) is 45.3 Å². The summed E-state index contributed by atoms with van der Waals surface area (Å²) < 4.78 is 1.42. The first-order valence-electron chi connectivity index (χ1n) is 8.19. The summed E-state index contributed by atoms with van der Waals surface area (Å²) in [7, 11) is 0. The van der Waals surface area contributed by atoms with Gasteiger partial charge in [0.1, 0.15) is 6.54 Å². The molecule has 0 unspecified atom stereocenters. The van der Waals surface area contributed by atoms with E-state index in [0.717, 1.165) is 43.4 Å². The Labute approximate surface area is 144 Å². The molecule has 0 radical (unpaired) electrons. The van der Waals surface area contributed by atoms with E-state index in [0.29, 0.717) is 4.96 Å². The highest BCUT2D eigenvalue weighted by Gasteiger charge is 2.22. The predicted octanol–water partition coefficient (Wildman–Crippen LogP) is 0.365. The van der Waals surface area contributed by atoms with E-state index >= 15 is 0 Å². The van der Waals surface area contributed by atoms with Crippen LogP contribution < -0.4 is 15.4 Å². The number of benzene rings is 1. The van der Waals surface area contributed by atoms with Gasteiger partial charge < -0.3 is 9.80 Å². The van der Waals surface area contributed by atoms with Gasteiger partial charge in [-0.2, -0.15) is 9.61 Å². The average molecular weight is 342 g/mol. The fourth-order valence-electron chi connectivity index (χ4n) is 3.14. The van der Waals surface area contributed by atoms with Crippen molar-refractivity contribution in [3.63, 3.8) is 0 Å². The number of hydrogen-bond donors (Lipinski definition) is 1. The van der Waals surface area contributed by atoms with Crippen LogP contribution in [-0.2, 0) is 6.54 Å². The Bertz CT molecular complexity index is 896. The molecule has 0 spiro atoms. The number of piperazine rings is 1. The van der Waals surface area contributed by atoms with Crippen LogP contribution >= 0.6 is 11.3 Å². The molecule has 0 amide bonds. The van der Waals surface area contributed by atoms with Crippen molar-refractivity contribution < 1.29 is 4.90 Å². The minimum absolute atomic E-state index is 0.0936. The van der Waals surface area contributed by atoms with Crippen molar-refractivity contribution in [3.8, 4) is 0 Å². The molecule has 2 aromatic heterocycles. The Hall–Kier alpha value is -2.25. The van der Waals surface area contributed by atoms with E-state index in [1.807, 2.05) is 6.92 Å². The molecule has 3 heterocycles. The second kappa shape index (κ2) is 6.33. The molecule has 1 aliphatic rings. The monoisotopic (exact) mass is 342 g/mol. The molecule has 1 N–H and O–H groups in total. The van der Waals surface area contributed by atoms with Gasteiger partial charge in [-0.25, -0.2) is 4.98 Å². The number of fused-ring (bicyclic) bond motifs is 1. The van der Waals surface area contributed by atoms with Crippen LogP contribution in [0.4, 0.5) is 5.69 Å². The number of nitrogens with zero attached hydrogens (tertiary/aromatic N) is 4. The maximum absolute atomic E-state index is 12.0. The molecule has 1 aromatic carbocycles. The third-order valence-electron chi connectivity index (χ3n) is 4.41. The molecule has 7 heteroatoms. The lowest BCUT2D eigenvalue weighted by Gasteiger charge is -2.33. The van der Waals surface area contributed by atoms with Crippen LogP contribution in [0.5, 0.6) is 0 Å². The molecule has 0 saturated carbocycles. The number of quaternary nitrogens is 1. The molecule has 6 nitrogen and oxygen atoms in total. The van der Waals surface area contributed by atoms with E-state index in [1.54, 1.807) is 0 Å². The van der Waals surface area contributed by atoms with Gasteiger partial charge in [0.2, 0.25) is 4.96 Å². The van der Waals surface area contributed by atoms with Crippen LogP contribution in [0.1, 0.15) is 10.7 Å². The number of hydrogen-bond acceptors (Lipinski definition) is 5. The molecule has 1 fully saturated rings. The number of aryl methyl sites for hydroxylation is 1. The standard InChI is InChI=1S/C17H19N5OS/c1-13-11-16(23)22-17(18-13)24-15(19-22)12-20-7-9-21(10-8-20)14-5-3-2-4-6-14/h2-6,11H,7-10,12H2,1H3/p+1. The van der Waals surface area contributed by atoms with Crippen molar-refractivity contribution in [1.29, 1.82) is 0 Å². The van der Waals surface area contributed by atoms with Gasteiger partial charge in [0.05, 0.1) is 26.2 Å². The zero-order valence-corrected chi connectivity index (χ0v) is 14.4. The number of para-hydroxylation sites is 1. The fourth-order valence-corrected chi connectivity index (χ4v) is 4.16. The Morgan fingerprint density at radius 1 is 1.21 bits per heavy atom. The smallest absolute Gasteiger partial charge is 0.275 e. The van der Waals surface area contributed by atoms with E-state index in [9.17, 15) is 4.79 Å². The molecular formula is C17H20N5OS+. The van der Waals surface area contributed by atoms with Crippen molar-refractivity contribution in [1.82, 2.24) is 14.6 Å². The first-order chi connectivity index (χ1) is 11.7. The van der Waals surface area contributed by atoms with E-state index in [1.165, 1.54) is 32.5 Å². The number of aromatic nitrogens is 3. The van der Waals surface area contributed by atoms with Crippen LogP contribution in [0.15, 0.2) is 41.2 Å². The zero-order valence-electron chi connectivity index (χ0n) is 13.6. The third kappa shape index (κ3) is 3.05. The van der Waals surface area contributed by atoms with Gasteiger partial charge in [-0.05, 0) is 19.1 Å². The van der Waals surface area contributed by atoms with Crippen molar-refractivity contribution in [3.05, 3.63) is 57.5 Å². The largest absolute Gasteiger partial charge is 0.360 e. The first kappa shape index (κ1) is 15.3. The minimum atomic E-state index is -0.0936. The van der Waals surface area contributed by atoms with Gasteiger partial charge in [-0.1, -0.05) is 29.5 Å². The Balaban J connectivity index is 1.44. The van der Waals surface area contributed by atoms with Gasteiger partial charge in [0.15, 0.2) is 5.01 Å². The second-order valence-electron chi connectivity index (χ2n) is 6.18. The summed E-state index contributed by atoms with van der Waals surface area (Å²) in [6, 6.07) is 12.1. The van der Waals surface area contributed by atoms with Crippen molar-refractivity contribution in [2.24, 2.45) is 0 Å². The zero-order chi connectivity index (χ0) is 16.5. The quantitative estimate of drug-likeness (QED) is 0.747. The molecule has 1 saturated heterocycles.